The Morgan fingerprint density at radius 3 is 2.87 bits per heavy atom. The smallest absolute Gasteiger partial charge is 0.119 e. The first-order valence-corrected chi connectivity index (χ1v) is 8.64. The van der Waals surface area contributed by atoms with Crippen molar-refractivity contribution in [3.63, 3.8) is 0 Å². The molecule has 4 nitrogen and oxygen atoms in total. The number of aliphatic hydroxyl groups excluding tert-OH is 1. The van der Waals surface area contributed by atoms with Gasteiger partial charge in [-0.1, -0.05) is 18.1 Å². The van der Waals surface area contributed by atoms with Crippen LogP contribution in [0.3, 0.4) is 0 Å². The van der Waals surface area contributed by atoms with Gasteiger partial charge < -0.3 is 15.1 Å². The van der Waals surface area contributed by atoms with Crippen LogP contribution < -0.4 is 4.74 Å². The Morgan fingerprint density at radius 2 is 2.13 bits per heavy atom. The lowest BCUT2D eigenvalue weighted by molar-refractivity contribution is -0.0121. The van der Waals surface area contributed by atoms with E-state index in [0.29, 0.717) is 23.5 Å². The van der Waals surface area contributed by atoms with Gasteiger partial charge in [0.15, 0.2) is 0 Å². The molecule has 4 heteroatoms. The lowest BCUT2D eigenvalue weighted by atomic mass is 9.55. The molecule has 0 aliphatic heterocycles. The number of aliphatic hydroxyl groups is 1. The van der Waals surface area contributed by atoms with Gasteiger partial charge in [-0.15, -0.1) is 0 Å². The molecule has 0 spiro atoms. The Bertz CT molecular complexity index is 656. The molecule has 0 unspecified atom stereocenters. The quantitative estimate of drug-likeness (QED) is 0.617. The highest BCUT2D eigenvalue weighted by Gasteiger charge is 2.57. The van der Waals surface area contributed by atoms with E-state index in [1.165, 1.54) is 11.1 Å². The average molecular weight is 315 g/mol. The van der Waals surface area contributed by atoms with Crippen molar-refractivity contribution in [3.05, 3.63) is 29.3 Å². The van der Waals surface area contributed by atoms with E-state index in [2.05, 4.69) is 30.3 Å². The third-order valence-electron chi connectivity index (χ3n) is 6.87. The second kappa shape index (κ2) is 5.23. The van der Waals surface area contributed by atoms with E-state index in [1.807, 2.05) is 0 Å². The fourth-order valence-electron chi connectivity index (χ4n) is 5.57. The molecular formula is C19H25NO3. The summed E-state index contributed by atoms with van der Waals surface area (Å²) in [6.45, 7) is 2.18. The summed E-state index contributed by atoms with van der Waals surface area (Å²) in [6, 6.07) is 6.49. The first kappa shape index (κ1) is 15.0. The molecule has 2 N–H and O–H groups in total. The Balaban J connectivity index is 1.70. The third kappa shape index (κ3) is 2.04. The Kier molecular flexibility index (Phi) is 3.41. The molecule has 0 bridgehead atoms. The molecule has 5 atom stereocenters. The Morgan fingerprint density at radius 1 is 1.30 bits per heavy atom. The van der Waals surface area contributed by atoms with Crippen LogP contribution in [0.5, 0.6) is 5.75 Å². The van der Waals surface area contributed by atoms with Gasteiger partial charge in [0.05, 0.1) is 12.8 Å². The molecule has 0 radical (unpaired) electrons. The van der Waals surface area contributed by atoms with Crippen molar-refractivity contribution in [3.8, 4) is 5.75 Å². The predicted molar refractivity (Wildman–Crippen MR) is 88.2 cm³/mol. The number of oxime groups is 1. The fraction of sp³-hybridized carbons (Fsp3) is 0.632. The Hall–Kier alpha value is -1.55. The summed E-state index contributed by atoms with van der Waals surface area (Å²) in [4.78, 5) is 0. The van der Waals surface area contributed by atoms with E-state index in [9.17, 15) is 10.3 Å². The van der Waals surface area contributed by atoms with Crippen LogP contribution in [-0.2, 0) is 6.42 Å². The predicted octanol–water partition coefficient (Wildman–Crippen LogP) is 3.35. The summed E-state index contributed by atoms with van der Waals surface area (Å²) < 4.78 is 5.37. The summed E-state index contributed by atoms with van der Waals surface area (Å²) in [5.41, 5.74) is 3.34. The number of nitrogens with zero attached hydrogens (tertiary/aromatic N) is 1. The maximum Gasteiger partial charge on any atom is 0.119 e. The molecule has 0 saturated heterocycles. The van der Waals surface area contributed by atoms with Crippen LogP contribution in [0.4, 0.5) is 0 Å². The zero-order valence-electron chi connectivity index (χ0n) is 13.8. The minimum Gasteiger partial charge on any atom is -0.497 e. The van der Waals surface area contributed by atoms with Crippen LogP contribution >= 0.6 is 0 Å². The van der Waals surface area contributed by atoms with Gasteiger partial charge in [0.25, 0.3) is 0 Å². The molecular weight excluding hydrogens is 290 g/mol. The van der Waals surface area contributed by atoms with E-state index in [-0.39, 0.29) is 5.41 Å². The zero-order valence-corrected chi connectivity index (χ0v) is 13.8. The van der Waals surface area contributed by atoms with Gasteiger partial charge in [0.1, 0.15) is 11.9 Å². The number of benzene rings is 1. The normalized spacial score (nSPS) is 40.4. The van der Waals surface area contributed by atoms with E-state index in [4.69, 9.17) is 4.74 Å². The highest BCUT2D eigenvalue weighted by molar-refractivity contribution is 5.91. The van der Waals surface area contributed by atoms with Gasteiger partial charge in [-0.2, -0.15) is 0 Å². The number of hydrogen-bond donors (Lipinski definition) is 2. The van der Waals surface area contributed by atoms with Crippen LogP contribution in [0.1, 0.15) is 49.7 Å². The fourth-order valence-corrected chi connectivity index (χ4v) is 5.57. The highest BCUT2D eigenvalue weighted by Crippen LogP contribution is 2.60. The van der Waals surface area contributed by atoms with Gasteiger partial charge in [-0.05, 0) is 73.1 Å². The molecule has 0 aromatic heterocycles. The van der Waals surface area contributed by atoms with Crippen molar-refractivity contribution < 1.29 is 15.1 Å². The summed E-state index contributed by atoms with van der Waals surface area (Å²) in [5.74, 6) is 2.49. The van der Waals surface area contributed by atoms with Crippen LogP contribution in [0.25, 0.3) is 0 Å². The number of hydrogen-bond acceptors (Lipinski definition) is 4. The van der Waals surface area contributed by atoms with Crippen LogP contribution in [0, 0.1) is 17.3 Å². The second-order valence-corrected chi connectivity index (χ2v) is 7.72. The molecule has 4 rings (SSSR count). The first-order chi connectivity index (χ1) is 11.1. The molecule has 2 fully saturated rings. The molecule has 1 aromatic carbocycles. The molecule has 3 aliphatic rings. The van der Waals surface area contributed by atoms with Gasteiger partial charge >= 0.3 is 0 Å². The minimum absolute atomic E-state index is 0.132. The molecule has 1 aromatic rings. The van der Waals surface area contributed by atoms with E-state index in [1.54, 1.807) is 7.11 Å². The van der Waals surface area contributed by atoms with Crippen LogP contribution in [-0.4, -0.2) is 29.2 Å². The van der Waals surface area contributed by atoms with Crippen molar-refractivity contribution >= 4 is 5.71 Å². The van der Waals surface area contributed by atoms with Crippen molar-refractivity contribution in [1.82, 2.24) is 0 Å². The van der Waals surface area contributed by atoms with Gasteiger partial charge in [0, 0.05) is 5.41 Å². The molecule has 0 heterocycles. The zero-order chi connectivity index (χ0) is 16.2. The van der Waals surface area contributed by atoms with Gasteiger partial charge in [-0.3, -0.25) is 0 Å². The second-order valence-electron chi connectivity index (χ2n) is 7.72. The molecule has 2 saturated carbocycles. The topological polar surface area (TPSA) is 62.0 Å². The maximum atomic E-state index is 10.6. The molecule has 124 valence electrons. The molecule has 3 aliphatic carbocycles. The number of methoxy groups -OCH3 is 1. The monoisotopic (exact) mass is 315 g/mol. The van der Waals surface area contributed by atoms with E-state index in [0.717, 1.165) is 37.9 Å². The summed E-state index contributed by atoms with van der Waals surface area (Å²) in [7, 11) is 1.72. The molecule has 23 heavy (non-hydrogen) atoms. The van der Waals surface area contributed by atoms with Gasteiger partial charge in [0.2, 0.25) is 0 Å². The third-order valence-corrected chi connectivity index (χ3v) is 6.87. The van der Waals surface area contributed by atoms with Crippen LogP contribution in [0.2, 0.25) is 0 Å². The number of fused-ring (bicyclic) bond motifs is 5. The average Bonchev–Trinajstić information content (AvgIpc) is 2.85. The van der Waals surface area contributed by atoms with Crippen LogP contribution in [0.15, 0.2) is 23.4 Å². The Labute approximate surface area is 137 Å². The maximum absolute atomic E-state index is 10.6. The van der Waals surface area contributed by atoms with Crippen molar-refractivity contribution in [2.24, 2.45) is 22.4 Å². The van der Waals surface area contributed by atoms with Gasteiger partial charge in [-0.25, -0.2) is 0 Å². The first-order valence-electron chi connectivity index (χ1n) is 8.64. The lowest BCUT2D eigenvalue weighted by Gasteiger charge is -2.49. The summed E-state index contributed by atoms with van der Waals surface area (Å²) in [6.07, 6.45) is 4.46. The SMILES string of the molecule is COc1ccc2c(c1)CC[C@@H]1[C@@H]2CC[C@]2(C)[C@@H](O)/C(=N\O)C[C@@H]12. The summed E-state index contributed by atoms with van der Waals surface area (Å²) in [5, 5.41) is 23.2. The number of rotatable bonds is 1. The van der Waals surface area contributed by atoms with E-state index < -0.39 is 6.10 Å². The van der Waals surface area contributed by atoms with Crippen molar-refractivity contribution in [2.75, 3.05) is 7.11 Å². The highest BCUT2D eigenvalue weighted by atomic mass is 16.5. The largest absolute Gasteiger partial charge is 0.497 e. The molecule has 0 amide bonds. The number of ether oxygens (including phenoxy) is 1. The van der Waals surface area contributed by atoms with Crippen molar-refractivity contribution in [2.45, 2.75) is 51.0 Å². The minimum atomic E-state index is -0.587. The van der Waals surface area contributed by atoms with E-state index >= 15 is 0 Å². The summed E-state index contributed by atoms with van der Waals surface area (Å²) >= 11 is 0. The lowest BCUT2D eigenvalue weighted by Crippen LogP contribution is -2.44. The standard InChI is InChI=1S/C19H25NO3/c1-19-8-7-14-13-6-4-12(23-2)9-11(13)3-5-15(14)16(19)10-17(20-22)18(19)21/h4,6,9,14-16,18,21-22H,3,5,7-8,10H2,1-2H3/b20-17-/t14-,15-,16+,18+,19+/m1/s1. The number of aryl methyl sites for hydroxylation is 1. The van der Waals surface area contributed by atoms with Crippen molar-refractivity contribution in [1.29, 1.82) is 0 Å².